The normalized spacial score (nSPS) is 21.2. The Morgan fingerprint density at radius 3 is 2.00 bits per heavy atom. The van der Waals surface area contributed by atoms with Crippen LogP contribution in [0.4, 0.5) is 17.6 Å². The fourth-order valence-electron chi connectivity index (χ4n) is 5.53. The molecule has 2 unspecified atom stereocenters. The Balaban J connectivity index is 1.39. The maximum absolute atomic E-state index is 13.8. The second-order valence-corrected chi connectivity index (χ2v) is 9.20. The largest absolute Gasteiger partial charge is 0.419 e. The van der Waals surface area contributed by atoms with E-state index in [2.05, 4.69) is 19.1 Å². The maximum atomic E-state index is 13.8. The molecule has 2 aromatic rings. The van der Waals surface area contributed by atoms with E-state index in [1.807, 2.05) is 0 Å². The predicted molar refractivity (Wildman–Crippen MR) is 112 cm³/mol. The highest BCUT2D eigenvalue weighted by Gasteiger charge is 2.34. The van der Waals surface area contributed by atoms with E-state index in [4.69, 9.17) is 0 Å². The van der Waals surface area contributed by atoms with E-state index in [1.165, 1.54) is 43.7 Å². The second-order valence-electron chi connectivity index (χ2n) is 9.20. The number of fused-ring (bicyclic) bond motifs is 3. The van der Waals surface area contributed by atoms with E-state index >= 15 is 0 Å². The van der Waals surface area contributed by atoms with Crippen LogP contribution in [0.1, 0.15) is 72.4 Å². The molecule has 0 amide bonds. The topological polar surface area (TPSA) is 0 Å². The number of rotatable bonds is 5. The smallest absolute Gasteiger partial charge is 0.206 e. The van der Waals surface area contributed by atoms with Gasteiger partial charge in [0.05, 0.1) is 5.56 Å². The van der Waals surface area contributed by atoms with Crippen LogP contribution in [0.5, 0.6) is 0 Å². The molecule has 2 aliphatic carbocycles. The van der Waals surface area contributed by atoms with Crippen LogP contribution < -0.4 is 0 Å². The molecule has 0 aliphatic heterocycles. The van der Waals surface area contributed by atoms with E-state index in [0.717, 1.165) is 43.7 Å². The molecule has 162 valence electrons. The molecule has 30 heavy (non-hydrogen) atoms. The van der Waals surface area contributed by atoms with Gasteiger partial charge in [0.2, 0.25) is 0 Å². The molecule has 2 aliphatic rings. The molecule has 4 rings (SSSR count). The van der Waals surface area contributed by atoms with Gasteiger partial charge in [0, 0.05) is 0 Å². The molecule has 0 saturated carbocycles. The number of aryl methyl sites for hydroxylation is 1. The lowest BCUT2D eigenvalue weighted by Gasteiger charge is -2.32. The molecule has 2 aromatic carbocycles. The Kier molecular flexibility index (Phi) is 6.22. The SMILES string of the molecule is CCCC1CCc2c(ccc3c2CCC(CCc2ccc(C(F)(F)F)c(F)c2)C3)C1. The average Bonchev–Trinajstić information content (AvgIpc) is 2.71. The molecule has 0 radical (unpaired) electrons. The number of benzene rings is 2. The van der Waals surface area contributed by atoms with Gasteiger partial charge in [-0.3, -0.25) is 0 Å². The zero-order valence-corrected chi connectivity index (χ0v) is 17.6. The molecule has 0 bridgehead atoms. The van der Waals surface area contributed by atoms with Crippen LogP contribution in [0.15, 0.2) is 30.3 Å². The first kappa shape index (κ1) is 21.4. The molecular weight excluding hydrogens is 388 g/mol. The zero-order chi connectivity index (χ0) is 21.3. The van der Waals surface area contributed by atoms with Crippen LogP contribution in [0.3, 0.4) is 0 Å². The highest BCUT2D eigenvalue weighted by Crippen LogP contribution is 2.37. The fraction of sp³-hybridized carbons (Fsp3) is 0.538. The Morgan fingerprint density at radius 2 is 1.47 bits per heavy atom. The van der Waals surface area contributed by atoms with E-state index in [9.17, 15) is 17.6 Å². The Hall–Kier alpha value is -1.84. The molecule has 2 atom stereocenters. The molecule has 0 N–H and O–H groups in total. The third-order valence-corrected chi connectivity index (χ3v) is 7.12. The summed E-state index contributed by atoms with van der Waals surface area (Å²) in [5.41, 5.74) is 5.65. The minimum Gasteiger partial charge on any atom is -0.206 e. The minimum absolute atomic E-state index is 0.511. The van der Waals surface area contributed by atoms with Crippen molar-refractivity contribution in [1.29, 1.82) is 0 Å². The van der Waals surface area contributed by atoms with Crippen molar-refractivity contribution >= 4 is 0 Å². The molecule has 0 spiro atoms. The van der Waals surface area contributed by atoms with Crippen LogP contribution in [0, 0.1) is 17.7 Å². The van der Waals surface area contributed by atoms with E-state index < -0.39 is 17.6 Å². The van der Waals surface area contributed by atoms with Gasteiger partial charge in [-0.05, 0) is 103 Å². The first-order chi connectivity index (χ1) is 14.3. The first-order valence-corrected chi connectivity index (χ1v) is 11.3. The summed E-state index contributed by atoms with van der Waals surface area (Å²) in [7, 11) is 0. The van der Waals surface area contributed by atoms with Crippen LogP contribution in [-0.2, 0) is 38.3 Å². The lowest BCUT2D eigenvalue weighted by molar-refractivity contribution is -0.140. The summed E-state index contributed by atoms with van der Waals surface area (Å²) in [6, 6.07) is 8.00. The Bertz CT molecular complexity index is 897. The highest BCUT2D eigenvalue weighted by atomic mass is 19.4. The molecule has 0 saturated heterocycles. The summed E-state index contributed by atoms with van der Waals surface area (Å²) in [6.45, 7) is 2.27. The van der Waals surface area contributed by atoms with Gasteiger partial charge in [-0.15, -0.1) is 0 Å². The third kappa shape index (κ3) is 4.58. The van der Waals surface area contributed by atoms with Crippen molar-refractivity contribution in [2.45, 2.75) is 77.3 Å². The summed E-state index contributed by atoms with van der Waals surface area (Å²) >= 11 is 0. The van der Waals surface area contributed by atoms with E-state index in [1.54, 1.807) is 16.7 Å². The van der Waals surface area contributed by atoms with Crippen molar-refractivity contribution in [3.8, 4) is 0 Å². The number of alkyl halides is 3. The average molecular weight is 419 g/mol. The highest BCUT2D eigenvalue weighted by molar-refractivity contribution is 5.44. The molecule has 0 fully saturated rings. The van der Waals surface area contributed by atoms with Crippen LogP contribution in [0.2, 0.25) is 0 Å². The maximum Gasteiger partial charge on any atom is 0.419 e. The van der Waals surface area contributed by atoms with E-state index in [-0.39, 0.29) is 0 Å². The van der Waals surface area contributed by atoms with Gasteiger partial charge in [0.1, 0.15) is 5.82 Å². The van der Waals surface area contributed by atoms with Crippen LogP contribution in [-0.4, -0.2) is 0 Å². The summed E-state index contributed by atoms with van der Waals surface area (Å²) in [5, 5.41) is 0. The number of halogens is 4. The molecule has 0 aromatic heterocycles. The van der Waals surface area contributed by atoms with Gasteiger partial charge in [0.25, 0.3) is 0 Å². The van der Waals surface area contributed by atoms with Gasteiger partial charge in [-0.1, -0.05) is 38.0 Å². The summed E-state index contributed by atoms with van der Waals surface area (Å²) < 4.78 is 52.0. The summed E-state index contributed by atoms with van der Waals surface area (Å²) in [5.74, 6) is 0.181. The van der Waals surface area contributed by atoms with Crippen molar-refractivity contribution in [2.75, 3.05) is 0 Å². The molecule has 0 heterocycles. The minimum atomic E-state index is -4.63. The third-order valence-electron chi connectivity index (χ3n) is 7.12. The van der Waals surface area contributed by atoms with Gasteiger partial charge >= 0.3 is 6.18 Å². The summed E-state index contributed by atoms with van der Waals surface area (Å²) in [6.07, 6.45) is 6.44. The van der Waals surface area contributed by atoms with E-state index in [0.29, 0.717) is 17.9 Å². The van der Waals surface area contributed by atoms with Gasteiger partial charge in [-0.25, -0.2) is 4.39 Å². The quantitative estimate of drug-likeness (QED) is 0.441. The van der Waals surface area contributed by atoms with Crippen LogP contribution >= 0.6 is 0 Å². The number of hydrogen-bond donors (Lipinski definition) is 0. The zero-order valence-electron chi connectivity index (χ0n) is 17.6. The predicted octanol–water partition coefficient (Wildman–Crippen LogP) is 7.49. The second kappa shape index (κ2) is 8.72. The fourth-order valence-corrected chi connectivity index (χ4v) is 5.53. The van der Waals surface area contributed by atoms with Crippen molar-refractivity contribution in [2.24, 2.45) is 11.8 Å². The van der Waals surface area contributed by atoms with Gasteiger partial charge < -0.3 is 0 Å². The Labute approximate surface area is 176 Å². The molecular formula is C26H30F4. The monoisotopic (exact) mass is 418 g/mol. The standard InChI is InChI=1S/C26H30F4/c1-2-3-17-6-11-22-20(14-17)9-10-21-15-18(7-12-23(21)22)4-5-19-8-13-24(25(27)16-19)26(28,29)30/h8-10,13,16-18H,2-7,11-12,14-15H2,1H3. The van der Waals surface area contributed by atoms with Crippen LogP contribution in [0.25, 0.3) is 0 Å². The van der Waals surface area contributed by atoms with Crippen molar-refractivity contribution < 1.29 is 17.6 Å². The lowest BCUT2D eigenvalue weighted by atomic mass is 9.73. The van der Waals surface area contributed by atoms with Crippen molar-refractivity contribution in [1.82, 2.24) is 0 Å². The molecule has 4 heteroatoms. The Morgan fingerprint density at radius 1 is 0.867 bits per heavy atom. The number of hydrogen-bond acceptors (Lipinski definition) is 0. The molecule has 0 nitrogen and oxygen atoms in total. The van der Waals surface area contributed by atoms with Crippen molar-refractivity contribution in [3.63, 3.8) is 0 Å². The summed E-state index contributed by atoms with van der Waals surface area (Å²) in [4.78, 5) is 0. The van der Waals surface area contributed by atoms with Gasteiger partial charge in [0.15, 0.2) is 0 Å². The lowest BCUT2D eigenvalue weighted by Crippen LogP contribution is -2.21. The van der Waals surface area contributed by atoms with Gasteiger partial charge in [-0.2, -0.15) is 13.2 Å². The van der Waals surface area contributed by atoms with Crippen molar-refractivity contribution in [3.05, 3.63) is 69.5 Å². The first-order valence-electron chi connectivity index (χ1n) is 11.3.